The molecule has 2 aromatic carbocycles. The summed E-state index contributed by atoms with van der Waals surface area (Å²) in [6.45, 7) is 2.37. The van der Waals surface area contributed by atoms with Gasteiger partial charge in [-0.25, -0.2) is 0 Å². The number of carbonyl (C=O) groups excluding carboxylic acids is 3. The SMILES string of the molecule is CCCCN1C(=O)c2ccc(C(=O)Nc3cccc(C#N)c3)cc2C1=O. The number of imide groups is 1. The lowest BCUT2D eigenvalue weighted by Crippen LogP contribution is -2.30. The summed E-state index contributed by atoms with van der Waals surface area (Å²) in [6.07, 6.45) is 1.62. The maximum absolute atomic E-state index is 12.5. The van der Waals surface area contributed by atoms with Crippen LogP contribution in [-0.2, 0) is 0 Å². The van der Waals surface area contributed by atoms with E-state index in [1.165, 1.54) is 23.1 Å². The van der Waals surface area contributed by atoms with Gasteiger partial charge < -0.3 is 5.32 Å². The zero-order valence-electron chi connectivity index (χ0n) is 14.3. The van der Waals surface area contributed by atoms with Gasteiger partial charge in [0.05, 0.1) is 22.8 Å². The number of hydrogen-bond acceptors (Lipinski definition) is 4. The van der Waals surface area contributed by atoms with Gasteiger partial charge in [0.15, 0.2) is 0 Å². The molecule has 3 amide bonds. The van der Waals surface area contributed by atoms with Crippen LogP contribution in [0.1, 0.15) is 56.4 Å². The molecule has 0 atom stereocenters. The Labute approximate surface area is 151 Å². The molecular weight excluding hydrogens is 330 g/mol. The Bertz CT molecular complexity index is 944. The highest BCUT2D eigenvalue weighted by Crippen LogP contribution is 2.25. The first kappa shape index (κ1) is 17.4. The highest BCUT2D eigenvalue weighted by Gasteiger charge is 2.35. The molecule has 0 saturated carbocycles. The van der Waals surface area contributed by atoms with Crippen LogP contribution in [-0.4, -0.2) is 29.2 Å². The van der Waals surface area contributed by atoms with Gasteiger partial charge in [0, 0.05) is 17.8 Å². The average Bonchev–Trinajstić information content (AvgIpc) is 2.90. The molecule has 1 heterocycles. The van der Waals surface area contributed by atoms with Gasteiger partial charge in [0.25, 0.3) is 17.7 Å². The molecule has 1 N–H and O–H groups in total. The van der Waals surface area contributed by atoms with E-state index in [4.69, 9.17) is 5.26 Å². The summed E-state index contributed by atoms with van der Waals surface area (Å²) in [5, 5.41) is 11.6. The van der Waals surface area contributed by atoms with Crippen molar-refractivity contribution in [1.82, 2.24) is 4.90 Å². The molecule has 130 valence electrons. The van der Waals surface area contributed by atoms with E-state index >= 15 is 0 Å². The van der Waals surface area contributed by atoms with Gasteiger partial charge in [-0.05, 0) is 42.8 Å². The zero-order valence-corrected chi connectivity index (χ0v) is 14.3. The van der Waals surface area contributed by atoms with Crippen LogP contribution in [0.5, 0.6) is 0 Å². The number of carbonyl (C=O) groups is 3. The van der Waals surface area contributed by atoms with Crippen molar-refractivity contribution in [2.24, 2.45) is 0 Å². The number of unbranched alkanes of at least 4 members (excludes halogenated alkanes) is 1. The van der Waals surface area contributed by atoms with E-state index in [1.807, 2.05) is 13.0 Å². The first-order valence-electron chi connectivity index (χ1n) is 8.37. The molecule has 0 saturated heterocycles. The van der Waals surface area contributed by atoms with E-state index in [9.17, 15) is 14.4 Å². The van der Waals surface area contributed by atoms with Crippen LogP contribution in [0.2, 0.25) is 0 Å². The second-order valence-corrected chi connectivity index (χ2v) is 6.02. The van der Waals surface area contributed by atoms with Crippen molar-refractivity contribution in [2.45, 2.75) is 19.8 Å². The third-order valence-corrected chi connectivity index (χ3v) is 4.22. The summed E-state index contributed by atoms with van der Waals surface area (Å²) in [5.74, 6) is -1.08. The minimum atomic E-state index is -0.407. The van der Waals surface area contributed by atoms with E-state index in [0.29, 0.717) is 23.4 Å². The Hall–Kier alpha value is -3.46. The number of rotatable bonds is 5. The molecular formula is C20H17N3O3. The fourth-order valence-corrected chi connectivity index (χ4v) is 2.82. The number of amides is 3. The Balaban J connectivity index is 1.83. The highest BCUT2D eigenvalue weighted by atomic mass is 16.2. The van der Waals surface area contributed by atoms with Crippen LogP contribution in [0, 0.1) is 11.3 Å². The van der Waals surface area contributed by atoms with Crippen LogP contribution in [0.4, 0.5) is 5.69 Å². The summed E-state index contributed by atoms with van der Waals surface area (Å²) in [6, 6.07) is 13.0. The van der Waals surface area contributed by atoms with Crippen LogP contribution in [0.25, 0.3) is 0 Å². The molecule has 0 fully saturated rings. The quantitative estimate of drug-likeness (QED) is 0.841. The van der Waals surface area contributed by atoms with E-state index in [2.05, 4.69) is 5.32 Å². The third kappa shape index (κ3) is 3.20. The lowest BCUT2D eigenvalue weighted by molar-refractivity contribution is 0.0652. The molecule has 0 aromatic heterocycles. The first-order chi connectivity index (χ1) is 12.5. The van der Waals surface area contributed by atoms with Crippen molar-refractivity contribution in [3.63, 3.8) is 0 Å². The Morgan fingerprint density at radius 2 is 1.88 bits per heavy atom. The largest absolute Gasteiger partial charge is 0.322 e. The van der Waals surface area contributed by atoms with E-state index in [0.717, 1.165) is 12.8 Å². The van der Waals surface area contributed by atoms with Crippen molar-refractivity contribution in [2.75, 3.05) is 11.9 Å². The molecule has 1 aliphatic rings. The molecule has 0 aliphatic carbocycles. The molecule has 26 heavy (non-hydrogen) atoms. The summed E-state index contributed by atoms with van der Waals surface area (Å²) >= 11 is 0. The fourth-order valence-electron chi connectivity index (χ4n) is 2.82. The Kier molecular flexibility index (Phi) is 4.81. The number of nitrogens with one attached hydrogen (secondary N) is 1. The highest BCUT2D eigenvalue weighted by molar-refractivity contribution is 6.22. The van der Waals surface area contributed by atoms with E-state index in [-0.39, 0.29) is 22.9 Å². The van der Waals surface area contributed by atoms with Crippen LogP contribution in [0.3, 0.4) is 0 Å². The molecule has 0 radical (unpaired) electrons. The van der Waals surface area contributed by atoms with Gasteiger partial charge in [-0.1, -0.05) is 19.4 Å². The van der Waals surface area contributed by atoms with E-state index < -0.39 is 5.91 Å². The number of anilines is 1. The van der Waals surface area contributed by atoms with Gasteiger partial charge in [0.2, 0.25) is 0 Å². The molecule has 2 aromatic rings. The topological polar surface area (TPSA) is 90.3 Å². The smallest absolute Gasteiger partial charge is 0.261 e. The normalized spacial score (nSPS) is 12.7. The van der Waals surface area contributed by atoms with Gasteiger partial charge >= 0.3 is 0 Å². The minimum absolute atomic E-state index is 0.254. The van der Waals surface area contributed by atoms with Gasteiger partial charge in [-0.2, -0.15) is 5.26 Å². The monoisotopic (exact) mass is 347 g/mol. The van der Waals surface area contributed by atoms with Crippen molar-refractivity contribution < 1.29 is 14.4 Å². The van der Waals surface area contributed by atoms with Gasteiger partial charge in [-0.15, -0.1) is 0 Å². The minimum Gasteiger partial charge on any atom is -0.322 e. The van der Waals surface area contributed by atoms with Gasteiger partial charge in [0.1, 0.15) is 0 Å². The number of nitrogens with zero attached hydrogens (tertiary/aromatic N) is 2. The number of hydrogen-bond donors (Lipinski definition) is 1. The van der Waals surface area contributed by atoms with Crippen molar-refractivity contribution in [1.29, 1.82) is 5.26 Å². The molecule has 6 nitrogen and oxygen atoms in total. The summed E-state index contributed by atoms with van der Waals surface area (Å²) in [5.41, 5.74) is 1.79. The molecule has 0 spiro atoms. The second-order valence-electron chi connectivity index (χ2n) is 6.02. The standard InChI is InChI=1S/C20H17N3O3/c1-2-3-9-23-19(25)16-8-7-14(11-17(16)20(23)26)18(24)22-15-6-4-5-13(10-15)12-21/h4-8,10-11H,2-3,9H2,1H3,(H,22,24). The van der Waals surface area contributed by atoms with Crippen LogP contribution < -0.4 is 5.32 Å². The van der Waals surface area contributed by atoms with Crippen LogP contribution >= 0.6 is 0 Å². The van der Waals surface area contributed by atoms with Crippen LogP contribution in [0.15, 0.2) is 42.5 Å². The van der Waals surface area contributed by atoms with Crippen molar-refractivity contribution in [3.8, 4) is 6.07 Å². The molecule has 6 heteroatoms. The number of benzene rings is 2. The predicted molar refractivity (Wildman–Crippen MR) is 95.8 cm³/mol. The summed E-state index contributed by atoms with van der Waals surface area (Å²) < 4.78 is 0. The number of nitriles is 1. The predicted octanol–water partition coefficient (Wildman–Crippen LogP) is 3.21. The molecule has 0 bridgehead atoms. The summed E-state index contributed by atoms with van der Waals surface area (Å²) in [7, 11) is 0. The molecule has 1 aliphatic heterocycles. The first-order valence-corrected chi connectivity index (χ1v) is 8.37. The van der Waals surface area contributed by atoms with Crippen molar-refractivity contribution in [3.05, 3.63) is 64.7 Å². The van der Waals surface area contributed by atoms with E-state index in [1.54, 1.807) is 24.3 Å². The van der Waals surface area contributed by atoms with Gasteiger partial charge in [-0.3, -0.25) is 19.3 Å². The average molecular weight is 347 g/mol. The molecule has 0 unspecified atom stereocenters. The second kappa shape index (κ2) is 7.19. The lowest BCUT2D eigenvalue weighted by atomic mass is 10.1. The maximum atomic E-state index is 12.5. The third-order valence-electron chi connectivity index (χ3n) is 4.22. The Morgan fingerprint density at radius 1 is 1.12 bits per heavy atom. The molecule has 3 rings (SSSR count). The number of fused-ring (bicyclic) bond motifs is 1. The lowest BCUT2D eigenvalue weighted by Gasteiger charge is -2.12. The summed E-state index contributed by atoms with van der Waals surface area (Å²) in [4.78, 5) is 38.5. The fraction of sp³-hybridized carbons (Fsp3) is 0.200. The maximum Gasteiger partial charge on any atom is 0.261 e. The van der Waals surface area contributed by atoms with Crippen molar-refractivity contribution >= 4 is 23.4 Å². The zero-order chi connectivity index (χ0) is 18.7. The Morgan fingerprint density at radius 3 is 2.62 bits per heavy atom.